The lowest BCUT2D eigenvalue weighted by Crippen LogP contribution is -1.98. The van der Waals surface area contributed by atoms with Gasteiger partial charge in [-0.25, -0.2) is 4.68 Å². The van der Waals surface area contributed by atoms with Crippen molar-refractivity contribution < 1.29 is 0 Å². The Kier molecular flexibility index (Phi) is 3.14. The molecule has 1 aromatic heterocycles. The van der Waals surface area contributed by atoms with Crippen molar-refractivity contribution in [3.63, 3.8) is 0 Å². The number of para-hydroxylation sites is 1. The van der Waals surface area contributed by atoms with Crippen LogP contribution in [0.25, 0.3) is 27.7 Å². The highest BCUT2D eigenvalue weighted by atomic mass is 15.3. The molecule has 0 saturated carbocycles. The minimum Gasteiger partial charge on any atom is -0.232 e. The molecule has 0 amide bonds. The summed E-state index contributed by atoms with van der Waals surface area (Å²) in [5.41, 5.74) is 4.41. The second-order valence-electron chi connectivity index (χ2n) is 5.30. The maximum absolute atomic E-state index is 9.78. The van der Waals surface area contributed by atoms with Gasteiger partial charge in [0.25, 0.3) is 0 Å². The molecule has 4 aromatic rings. The predicted molar refractivity (Wildman–Crippen MR) is 91.2 cm³/mol. The smallest absolute Gasteiger partial charge is 0.102 e. The van der Waals surface area contributed by atoms with E-state index in [2.05, 4.69) is 11.2 Å². The third kappa shape index (κ3) is 2.18. The van der Waals surface area contributed by atoms with E-state index in [1.807, 2.05) is 77.5 Å². The van der Waals surface area contributed by atoms with Crippen LogP contribution in [0.2, 0.25) is 0 Å². The van der Waals surface area contributed by atoms with Crippen molar-refractivity contribution in [2.45, 2.75) is 0 Å². The molecule has 0 fully saturated rings. The van der Waals surface area contributed by atoms with Crippen LogP contribution in [0.5, 0.6) is 0 Å². The zero-order valence-electron chi connectivity index (χ0n) is 12.3. The highest BCUT2D eigenvalue weighted by Crippen LogP contribution is 2.30. The van der Waals surface area contributed by atoms with Crippen LogP contribution in [0.1, 0.15) is 5.56 Å². The molecule has 4 rings (SSSR count). The number of aromatic nitrogens is 2. The predicted octanol–water partition coefficient (Wildman–Crippen LogP) is 4.56. The summed E-state index contributed by atoms with van der Waals surface area (Å²) in [6, 6.07) is 26.2. The summed E-state index contributed by atoms with van der Waals surface area (Å²) in [7, 11) is 0. The topological polar surface area (TPSA) is 41.6 Å². The van der Waals surface area contributed by atoms with Crippen molar-refractivity contribution in [2.75, 3.05) is 0 Å². The first-order chi connectivity index (χ1) is 11.4. The average Bonchev–Trinajstić information content (AvgIpc) is 3.06. The minimum absolute atomic E-state index is 0.648. The maximum Gasteiger partial charge on any atom is 0.102 e. The number of benzene rings is 3. The number of nitriles is 1. The lowest BCUT2D eigenvalue weighted by Gasteiger charge is -2.09. The highest BCUT2D eigenvalue weighted by Gasteiger charge is 2.14. The van der Waals surface area contributed by atoms with Gasteiger partial charge in [0.1, 0.15) is 6.07 Å². The van der Waals surface area contributed by atoms with Crippen LogP contribution in [-0.2, 0) is 0 Å². The van der Waals surface area contributed by atoms with Crippen LogP contribution in [0.15, 0.2) is 79.0 Å². The van der Waals surface area contributed by atoms with E-state index in [1.54, 1.807) is 6.20 Å². The summed E-state index contributed by atoms with van der Waals surface area (Å²) in [6.45, 7) is 0. The maximum atomic E-state index is 9.78. The largest absolute Gasteiger partial charge is 0.232 e. The molecule has 108 valence electrons. The molecule has 0 unspecified atom stereocenters. The summed E-state index contributed by atoms with van der Waals surface area (Å²) in [6.07, 6.45) is 1.80. The van der Waals surface area contributed by atoms with Crippen LogP contribution in [0, 0.1) is 11.3 Å². The number of nitrogens with zero attached hydrogens (tertiary/aromatic N) is 3. The number of rotatable bonds is 2. The van der Waals surface area contributed by atoms with E-state index in [1.165, 1.54) is 0 Å². The van der Waals surface area contributed by atoms with Gasteiger partial charge in [0.2, 0.25) is 0 Å². The van der Waals surface area contributed by atoms with Gasteiger partial charge in [-0.3, -0.25) is 0 Å². The van der Waals surface area contributed by atoms with Gasteiger partial charge in [0.15, 0.2) is 0 Å². The molecule has 0 bridgehead atoms. The normalized spacial score (nSPS) is 10.6. The standard InChI is InChI=1S/C20H13N3/c21-13-19-18(15-7-3-1-4-8-15)12-11-16-14-22-23(20(16)19)17-9-5-2-6-10-17/h1-12,14H. The zero-order chi connectivity index (χ0) is 15.6. The molecule has 23 heavy (non-hydrogen) atoms. The Balaban J connectivity index is 2.04. The summed E-state index contributed by atoms with van der Waals surface area (Å²) < 4.78 is 1.83. The van der Waals surface area contributed by atoms with Crippen LogP contribution < -0.4 is 0 Å². The van der Waals surface area contributed by atoms with Gasteiger partial charge in [-0.2, -0.15) is 10.4 Å². The molecule has 0 radical (unpaired) electrons. The van der Waals surface area contributed by atoms with Crippen molar-refractivity contribution >= 4 is 10.9 Å². The van der Waals surface area contributed by atoms with Gasteiger partial charge in [-0.1, -0.05) is 60.7 Å². The second-order valence-corrected chi connectivity index (χ2v) is 5.30. The Morgan fingerprint density at radius 3 is 2.22 bits per heavy atom. The van der Waals surface area contributed by atoms with Crippen molar-refractivity contribution in [2.24, 2.45) is 0 Å². The van der Waals surface area contributed by atoms with Crippen LogP contribution in [0.3, 0.4) is 0 Å². The summed E-state index contributed by atoms with van der Waals surface area (Å²) in [5, 5.41) is 15.2. The summed E-state index contributed by atoms with van der Waals surface area (Å²) in [4.78, 5) is 0. The van der Waals surface area contributed by atoms with E-state index in [9.17, 15) is 5.26 Å². The van der Waals surface area contributed by atoms with E-state index in [-0.39, 0.29) is 0 Å². The molecule has 3 nitrogen and oxygen atoms in total. The quantitative estimate of drug-likeness (QED) is 0.544. The average molecular weight is 295 g/mol. The van der Waals surface area contributed by atoms with Gasteiger partial charge in [-0.05, 0) is 17.7 Å². The van der Waals surface area contributed by atoms with Crippen LogP contribution in [0.4, 0.5) is 0 Å². The lowest BCUT2D eigenvalue weighted by atomic mass is 9.98. The molecule has 0 N–H and O–H groups in total. The van der Waals surface area contributed by atoms with Gasteiger partial charge in [-0.15, -0.1) is 0 Å². The monoisotopic (exact) mass is 295 g/mol. The van der Waals surface area contributed by atoms with Gasteiger partial charge in [0, 0.05) is 10.9 Å². The SMILES string of the molecule is N#Cc1c(-c2ccccc2)ccc2cnn(-c3ccccc3)c12. The Morgan fingerprint density at radius 1 is 0.826 bits per heavy atom. The van der Waals surface area contributed by atoms with Crippen LogP contribution >= 0.6 is 0 Å². The Labute approximate surface area is 134 Å². The molecule has 0 spiro atoms. The lowest BCUT2D eigenvalue weighted by molar-refractivity contribution is 0.909. The van der Waals surface area contributed by atoms with Crippen molar-refractivity contribution in [1.82, 2.24) is 9.78 Å². The van der Waals surface area contributed by atoms with Crippen molar-refractivity contribution in [1.29, 1.82) is 5.26 Å². The first-order valence-electron chi connectivity index (χ1n) is 7.40. The molecule has 0 aliphatic rings. The fourth-order valence-corrected chi connectivity index (χ4v) is 2.85. The molecule has 0 atom stereocenters. The fourth-order valence-electron chi connectivity index (χ4n) is 2.85. The molecule has 3 aromatic carbocycles. The molecule has 1 heterocycles. The minimum atomic E-state index is 0.648. The summed E-state index contributed by atoms with van der Waals surface area (Å²) in [5.74, 6) is 0. The van der Waals surface area contributed by atoms with Gasteiger partial charge >= 0.3 is 0 Å². The van der Waals surface area contributed by atoms with Gasteiger partial charge < -0.3 is 0 Å². The first-order valence-corrected chi connectivity index (χ1v) is 7.40. The molecule has 0 saturated heterocycles. The van der Waals surface area contributed by atoms with E-state index in [0.29, 0.717) is 5.56 Å². The molecule has 3 heteroatoms. The van der Waals surface area contributed by atoms with Crippen molar-refractivity contribution in [3.8, 4) is 22.9 Å². The molecular weight excluding hydrogens is 282 g/mol. The Hall–Kier alpha value is -3.38. The van der Waals surface area contributed by atoms with Crippen molar-refractivity contribution in [3.05, 3.63) is 84.6 Å². The van der Waals surface area contributed by atoms with E-state index in [4.69, 9.17) is 0 Å². The number of hydrogen-bond donors (Lipinski definition) is 0. The molecule has 0 aliphatic heterocycles. The second kappa shape index (κ2) is 5.43. The molecular formula is C20H13N3. The fraction of sp³-hybridized carbons (Fsp3) is 0. The first kappa shape index (κ1) is 13.3. The van der Waals surface area contributed by atoms with Gasteiger partial charge in [0.05, 0.1) is 23.0 Å². The number of hydrogen-bond acceptors (Lipinski definition) is 2. The Morgan fingerprint density at radius 2 is 1.52 bits per heavy atom. The van der Waals surface area contributed by atoms with E-state index < -0.39 is 0 Å². The highest BCUT2D eigenvalue weighted by molar-refractivity contribution is 5.92. The van der Waals surface area contributed by atoms with E-state index in [0.717, 1.165) is 27.7 Å². The Bertz CT molecular complexity index is 1010. The summed E-state index contributed by atoms with van der Waals surface area (Å²) >= 11 is 0. The van der Waals surface area contributed by atoms with Crippen LogP contribution in [-0.4, -0.2) is 9.78 Å². The third-order valence-corrected chi connectivity index (χ3v) is 3.93. The molecule has 0 aliphatic carbocycles. The zero-order valence-corrected chi connectivity index (χ0v) is 12.3. The number of fused-ring (bicyclic) bond motifs is 1. The van der Waals surface area contributed by atoms with E-state index >= 15 is 0 Å². The third-order valence-electron chi connectivity index (χ3n) is 3.93.